The number of rotatable bonds is 7. The standard InChI is InChI=1S/C20H19NO3/c1-3-16(11-20(22)23)17-6-8-19(9-7-17)24-13-18-10-15(12-21)5-4-14(18)2/h1,4-10,12,16,21H,11,13H2,2H3,(H,22,23)/t16-/m0/s1. The Morgan fingerprint density at radius 3 is 2.62 bits per heavy atom. The number of terminal acetylenes is 1. The van der Waals surface area contributed by atoms with Gasteiger partial charge in [0.05, 0.1) is 12.3 Å². The summed E-state index contributed by atoms with van der Waals surface area (Å²) in [4.78, 5) is 10.8. The van der Waals surface area contributed by atoms with Crippen molar-refractivity contribution in [3.63, 3.8) is 0 Å². The second-order valence-corrected chi connectivity index (χ2v) is 5.51. The maximum absolute atomic E-state index is 10.8. The lowest BCUT2D eigenvalue weighted by atomic mass is 9.97. The normalized spacial score (nSPS) is 11.3. The first-order valence-electron chi connectivity index (χ1n) is 7.54. The van der Waals surface area contributed by atoms with Gasteiger partial charge in [-0.05, 0) is 47.4 Å². The molecule has 122 valence electrons. The molecule has 1 atom stereocenters. The van der Waals surface area contributed by atoms with Crippen molar-refractivity contribution in [1.82, 2.24) is 0 Å². The highest BCUT2D eigenvalue weighted by Crippen LogP contribution is 2.23. The predicted octanol–water partition coefficient (Wildman–Crippen LogP) is 3.76. The van der Waals surface area contributed by atoms with Crippen LogP contribution in [-0.4, -0.2) is 17.3 Å². The lowest BCUT2D eigenvalue weighted by molar-refractivity contribution is -0.137. The van der Waals surface area contributed by atoms with Crippen LogP contribution in [0.4, 0.5) is 0 Å². The monoisotopic (exact) mass is 321 g/mol. The van der Waals surface area contributed by atoms with Crippen LogP contribution in [0.5, 0.6) is 5.75 Å². The number of hydrogen-bond donors (Lipinski definition) is 2. The van der Waals surface area contributed by atoms with Crippen molar-refractivity contribution in [3.8, 4) is 18.1 Å². The molecule has 4 heteroatoms. The molecule has 0 aliphatic rings. The second-order valence-electron chi connectivity index (χ2n) is 5.51. The third kappa shape index (κ3) is 4.47. The number of carboxylic acids is 1. The molecule has 2 aromatic carbocycles. The zero-order chi connectivity index (χ0) is 17.5. The molecule has 0 spiro atoms. The van der Waals surface area contributed by atoms with Gasteiger partial charge >= 0.3 is 5.97 Å². The van der Waals surface area contributed by atoms with Crippen molar-refractivity contribution in [1.29, 1.82) is 5.41 Å². The van der Waals surface area contributed by atoms with Gasteiger partial charge in [0.2, 0.25) is 0 Å². The number of nitrogens with one attached hydrogen (secondary N) is 1. The van der Waals surface area contributed by atoms with Gasteiger partial charge in [-0.1, -0.05) is 30.2 Å². The van der Waals surface area contributed by atoms with Crippen molar-refractivity contribution in [2.75, 3.05) is 0 Å². The molecule has 0 unspecified atom stereocenters. The highest BCUT2D eigenvalue weighted by Gasteiger charge is 2.12. The molecule has 4 nitrogen and oxygen atoms in total. The topological polar surface area (TPSA) is 70.4 Å². The van der Waals surface area contributed by atoms with Crippen LogP contribution in [-0.2, 0) is 11.4 Å². The molecule has 0 aliphatic heterocycles. The van der Waals surface area contributed by atoms with Gasteiger partial charge in [-0.3, -0.25) is 4.79 Å². The first kappa shape index (κ1) is 17.3. The molecule has 2 aromatic rings. The number of ether oxygens (including phenoxy) is 1. The van der Waals surface area contributed by atoms with Gasteiger partial charge in [-0.15, -0.1) is 6.42 Å². The number of carbonyl (C=O) groups is 1. The molecular weight excluding hydrogens is 302 g/mol. The maximum atomic E-state index is 10.8. The predicted molar refractivity (Wildman–Crippen MR) is 93.7 cm³/mol. The average Bonchev–Trinajstić information content (AvgIpc) is 2.59. The SMILES string of the molecule is C#C[C@@H](CC(=O)O)c1ccc(OCc2cc(C=N)ccc2C)cc1. The van der Waals surface area contributed by atoms with Gasteiger partial charge in [-0.2, -0.15) is 0 Å². The first-order chi connectivity index (χ1) is 11.5. The lowest BCUT2D eigenvalue weighted by Crippen LogP contribution is -2.04. The van der Waals surface area contributed by atoms with Gasteiger partial charge in [0.25, 0.3) is 0 Å². The van der Waals surface area contributed by atoms with Crippen LogP contribution in [0.15, 0.2) is 42.5 Å². The molecule has 2 rings (SSSR count). The Morgan fingerprint density at radius 2 is 2.04 bits per heavy atom. The van der Waals surface area contributed by atoms with E-state index in [9.17, 15) is 4.79 Å². The minimum atomic E-state index is -0.917. The fraction of sp³-hybridized carbons (Fsp3) is 0.200. The molecule has 0 saturated heterocycles. The lowest BCUT2D eigenvalue weighted by Gasteiger charge is -2.12. The fourth-order valence-electron chi connectivity index (χ4n) is 2.34. The van der Waals surface area contributed by atoms with Crippen molar-refractivity contribution < 1.29 is 14.6 Å². The van der Waals surface area contributed by atoms with E-state index in [-0.39, 0.29) is 6.42 Å². The minimum absolute atomic E-state index is 0.0910. The molecule has 0 heterocycles. The summed E-state index contributed by atoms with van der Waals surface area (Å²) in [5.41, 5.74) is 3.74. The van der Waals surface area contributed by atoms with E-state index in [0.717, 1.165) is 22.3 Å². The van der Waals surface area contributed by atoms with Crippen molar-refractivity contribution in [2.45, 2.75) is 25.9 Å². The average molecular weight is 321 g/mol. The van der Waals surface area contributed by atoms with Crippen LogP contribution in [0.3, 0.4) is 0 Å². The Hall–Kier alpha value is -3.06. The number of benzene rings is 2. The summed E-state index contributed by atoms with van der Waals surface area (Å²) in [6, 6.07) is 13.0. The van der Waals surface area contributed by atoms with Gasteiger partial charge < -0.3 is 15.3 Å². The van der Waals surface area contributed by atoms with Crippen LogP contribution in [0.1, 0.15) is 34.6 Å². The summed E-state index contributed by atoms with van der Waals surface area (Å²) in [5, 5.41) is 16.2. The summed E-state index contributed by atoms with van der Waals surface area (Å²) in [6.07, 6.45) is 6.62. The number of aliphatic carboxylic acids is 1. The van der Waals surface area contributed by atoms with E-state index in [1.165, 1.54) is 6.21 Å². The number of hydrogen-bond acceptors (Lipinski definition) is 3. The molecule has 24 heavy (non-hydrogen) atoms. The van der Waals surface area contributed by atoms with E-state index in [4.69, 9.17) is 21.7 Å². The molecule has 0 aromatic heterocycles. The van der Waals surface area contributed by atoms with E-state index >= 15 is 0 Å². The first-order valence-corrected chi connectivity index (χ1v) is 7.54. The van der Waals surface area contributed by atoms with Crippen LogP contribution in [0, 0.1) is 24.7 Å². The zero-order valence-electron chi connectivity index (χ0n) is 13.5. The molecule has 0 fully saturated rings. The summed E-state index contributed by atoms with van der Waals surface area (Å²) in [5.74, 6) is 1.83. The van der Waals surface area contributed by atoms with E-state index in [1.54, 1.807) is 24.3 Å². The second kappa shape index (κ2) is 7.98. The molecule has 0 saturated carbocycles. The van der Waals surface area contributed by atoms with Gasteiger partial charge in [0.1, 0.15) is 12.4 Å². The van der Waals surface area contributed by atoms with E-state index in [2.05, 4.69) is 5.92 Å². The smallest absolute Gasteiger partial charge is 0.304 e. The van der Waals surface area contributed by atoms with Crippen LogP contribution in [0.25, 0.3) is 0 Å². The summed E-state index contributed by atoms with van der Waals surface area (Å²) < 4.78 is 5.78. The van der Waals surface area contributed by atoms with Gasteiger partial charge in [0.15, 0.2) is 0 Å². The fourth-order valence-corrected chi connectivity index (χ4v) is 2.34. The molecule has 0 bridgehead atoms. The van der Waals surface area contributed by atoms with Gasteiger partial charge in [0, 0.05) is 6.21 Å². The van der Waals surface area contributed by atoms with Crippen molar-refractivity contribution in [3.05, 3.63) is 64.7 Å². The highest BCUT2D eigenvalue weighted by molar-refractivity contribution is 5.77. The molecule has 0 aliphatic carbocycles. The Morgan fingerprint density at radius 1 is 1.33 bits per heavy atom. The largest absolute Gasteiger partial charge is 0.489 e. The van der Waals surface area contributed by atoms with E-state index in [0.29, 0.717) is 12.4 Å². The Balaban J connectivity index is 2.06. The van der Waals surface area contributed by atoms with Crippen LogP contribution in [0.2, 0.25) is 0 Å². The molecular formula is C20H19NO3. The Kier molecular flexibility index (Phi) is 5.75. The Bertz CT molecular complexity index is 772. The van der Waals surface area contributed by atoms with Crippen LogP contribution >= 0.6 is 0 Å². The van der Waals surface area contributed by atoms with Gasteiger partial charge in [-0.25, -0.2) is 0 Å². The maximum Gasteiger partial charge on any atom is 0.304 e. The zero-order valence-corrected chi connectivity index (χ0v) is 13.5. The highest BCUT2D eigenvalue weighted by atomic mass is 16.5. The summed E-state index contributed by atoms with van der Waals surface area (Å²) in [6.45, 7) is 2.40. The summed E-state index contributed by atoms with van der Waals surface area (Å²) in [7, 11) is 0. The molecule has 0 radical (unpaired) electrons. The third-order valence-electron chi connectivity index (χ3n) is 3.80. The number of aryl methyl sites for hydroxylation is 1. The third-order valence-corrected chi connectivity index (χ3v) is 3.80. The van der Waals surface area contributed by atoms with Crippen molar-refractivity contribution >= 4 is 12.2 Å². The quantitative estimate of drug-likeness (QED) is 0.602. The van der Waals surface area contributed by atoms with E-state index in [1.807, 2.05) is 25.1 Å². The number of carboxylic acid groups (broad SMARTS) is 1. The molecule has 0 amide bonds. The Labute approximate surface area is 141 Å². The van der Waals surface area contributed by atoms with E-state index < -0.39 is 11.9 Å². The molecule has 2 N–H and O–H groups in total. The minimum Gasteiger partial charge on any atom is -0.489 e. The van der Waals surface area contributed by atoms with Crippen molar-refractivity contribution in [2.24, 2.45) is 0 Å². The summed E-state index contributed by atoms with van der Waals surface area (Å²) >= 11 is 0. The van der Waals surface area contributed by atoms with Crippen LogP contribution < -0.4 is 4.74 Å².